The Morgan fingerprint density at radius 3 is 2.71 bits per heavy atom. The highest BCUT2D eigenvalue weighted by atomic mass is 14.9. The maximum Gasteiger partial charge on any atom is 0.0992 e. The van der Waals surface area contributed by atoms with Gasteiger partial charge in [0.1, 0.15) is 0 Å². The van der Waals surface area contributed by atoms with Crippen molar-refractivity contribution in [1.82, 2.24) is 0 Å². The molecule has 0 aliphatic heterocycles. The van der Waals surface area contributed by atoms with Gasteiger partial charge in [-0.1, -0.05) is 24.3 Å². The van der Waals surface area contributed by atoms with Gasteiger partial charge in [0.25, 0.3) is 0 Å². The summed E-state index contributed by atoms with van der Waals surface area (Å²) in [6.45, 7) is 4.24. The highest BCUT2D eigenvalue weighted by Gasteiger charge is 2.14. The molecule has 0 radical (unpaired) electrons. The number of benzene rings is 2. The summed E-state index contributed by atoms with van der Waals surface area (Å²) in [5, 5.41) is 12.6. The van der Waals surface area contributed by atoms with E-state index in [0.29, 0.717) is 5.56 Å². The van der Waals surface area contributed by atoms with E-state index >= 15 is 0 Å². The molecule has 0 bridgehead atoms. The van der Waals surface area contributed by atoms with E-state index < -0.39 is 0 Å². The minimum atomic E-state index is 0.239. The summed E-state index contributed by atoms with van der Waals surface area (Å²) in [5.74, 6) is 0. The second kappa shape index (κ2) is 5.61. The van der Waals surface area contributed by atoms with E-state index in [4.69, 9.17) is 5.26 Å². The molecule has 0 aromatic heterocycles. The Kier molecular flexibility index (Phi) is 3.66. The van der Waals surface area contributed by atoms with Crippen LogP contribution >= 0.6 is 0 Å². The molecule has 2 heteroatoms. The topological polar surface area (TPSA) is 35.8 Å². The molecule has 2 aromatic rings. The normalized spacial score (nSPS) is 14.3. The number of hydrogen-bond donors (Lipinski definition) is 1. The van der Waals surface area contributed by atoms with Crippen molar-refractivity contribution in [2.75, 3.05) is 5.32 Å². The fourth-order valence-corrected chi connectivity index (χ4v) is 3.02. The standard InChI is InChI=1S/C19H20N2/c1-13-6-7-15(12-20)10-19(13)21-14(2)17-9-8-16-4-3-5-18(16)11-17/h6-11,14,21H,3-5H2,1-2H3. The van der Waals surface area contributed by atoms with Crippen molar-refractivity contribution in [3.8, 4) is 6.07 Å². The summed E-state index contributed by atoms with van der Waals surface area (Å²) in [4.78, 5) is 0. The Bertz CT molecular complexity index is 710. The number of hydrogen-bond acceptors (Lipinski definition) is 2. The van der Waals surface area contributed by atoms with E-state index in [1.54, 1.807) is 0 Å². The molecule has 1 aliphatic rings. The van der Waals surface area contributed by atoms with Crippen LogP contribution in [0.5, 0.6) is 0 Å². The monoisotopic (exact) mass is 276 g/mol. The van der Waals surface area contributed by atoms with Crippen LogP contribution in [0.2, 0.25) is 0 Å². The lowest BCUT2D eigenvalue weighted by Crippen LogP contribution is -2.08. The molecule has 1 atom stereocenters. The Hall–Kier alpha value is -2.27. The maximum atomic E-state index is 9.03. The molecule has 2 nitrogen and oxygen atoms in total. The van der Waals surface area contributed by atoms with Crippen LogP contribution in [0.3, 0.4) is 0 Å². The zero-order valence-corrected chi connectivity index (χ0v) is 12.6. The average molecular weight is 276 g/mol. The van der Waals surface area contributed by atoms with Crippen LogP contribution in [0, 0.1) is 18.3 Å². The minimum Gasteiger partial charge on any atom is -0.378 e. The van der Waals surface area contributed by atoms with Crippen LogP contribution in [0.1, 0.15) is 47.2 Å². The summed E-state index contributed by atoms with van der Waals surface area (Å²) in [5.41, 5.74) is 7.24. The van der Waals surface area contributed by atoms with Crippen molar-refractivity contribution < 1.29 is 0 Å². The van der Waals surface area contributed by atoms with Crippen molar-refractivity contribution in [3.63, 3.8) is 0 Å². The highest BCUT2D eigenvalue weighted by Crippen LogP contribution is 2.28. The Morgan fingerprint density at radius 1 is 1.10 bits per heavy atom. The number of rotatable bonds is 3. The van der Waals surface area contributed by atoms with Crippen LogP contribution in [-0.4, -0.2) is 0 Å². The summed E-state index contributed by atoms with van der Waals surface area (Å²) in [6, 6.07) is 15.1. The predicted molar refractivity (Wildman–Crippen MR) is 86.4 cm³/mol. The highest BCUT2D eigenvalue weighted by molar-refractivity contribution is 5.56. The Balaban J connectivity index is 1.83. The van der Waals surface area contributed by atoms with Crippen molar-refractivity contribution in [3.05, 3.63) is 64.2 Å². The van der Waals surface area contributed by atoms with Gasteiger partial charge in [-0.25, -0.2) is 0 Å². The summed E-state index contributed by atoms with van der Waals surface area (Å²) in [7, 11) is 0. The molecule has 0 saturated heterocycles. The first-order chi connectivity index (χ1) is 10.2. The third-order valence-electron chi connectivity index (χ3n) is 4.36. The number of aryl methyl sites for hydroxylation is 3. The SMILES string of the molecule is Cc1ccc(C#N)cc1NC(C)c1ccc2c(c1)CCC2. The van der Waals surface area contributed by atoms with Gasteiger partial charge in [-0.15, -0.1) is 0 Å². The molecule has 106 valence electrons. The number of nitrogens with one attached hydrogen (secondary N) is 1. The molecule has 1 N–H and O–H groups in total. The van der Waals surface area contributed by atoms with Gasteiger partial charge in [0.05, 0.1) is 11.6 Å². The van der Waals surface area contributed by atoms with Gasteiger partial charge in [0.15, 0.2) is 0 Å². The second-order valence-electron chi connectivity index (χ2n) is 5.89. The van der Waals surface area contributed by atoms with Crippen LogP contribution in [-0.2, 0) is 12.8 Å². The second-order valence-corrected chi connectivity index (χ2v) is 5.89. The molecule has 0 saturated carbocycles. The smallest absolute Gasteiger partial charge is 0.0992 e. The molecule has 0 heterocycles. The minimum absolute atomic E-state index is 0.239. The van der Waals surface area contributed by atoms with Crippen LogP contribution < -0.4 is 5.32 Å². The number of nitriles is 1. The Labute approximate surface area is 126 Å². The Morgan fingerprint density at radius 2 is 1.90 bits per heavy atom. The third-order valence-corrected chi connectivity index (χ3v) is 4.36. The first kappa shape index (κ1) is 13.7. The summed E-state index contributed by atoms with van der Waals surface area (Å²) in [6.07, 6.45) is 3.71. The van der Waals surface area contributed by atoms with Gasteiger partial charge in [-0.05, 0) is 67.5 Å². The van der Waals surface area contributed by atoms with Crippen LogP contribution in [0.25, 0.3) is 0 Å². The van der Waals surface area contributed by atoms with E-state index in [1.165, 1.54) is 41.5 Å². The van der Waals surface area contributed by atoms with Gasteiger partial charge in [-0.3, -0.25) is 0 Å². The number of nitrogens with zero attached hydrogens (tertiary/aromatic N) is 1. The van der Waals surface area contributed by atoms with Crippen molar-refractivity contribution in [2.45, 2.75) is 39.2 Å². The molecular weight excluding hydrogens is 256 g/mol. The van der Waals surface area contributed by atoms with Crippen LogP contribution in [0.4, 0.5) is 5.69 Å². The lowest BCUT2D eigenvalue weighted by atomic mass is 10.0. The lowest BCUT2D eigenvalue weighted by molar-refractivity contribution is 0.877. The molecule has 2 aromatic carbocycles. The fourth-order valence-electron chi connectivity index (χ4n) is 3.02. The first-order valence-electron chi connectivity index (χ1n) is 7.56. The van der Waals surface area contributed by atoms with E-state index in [9.17, 15) is 0 Å². The molecule has 1 aliphatic carbocycles. The number of fused-ring (bicyclic) bond motifs is 1. The maximum absolute atomic E-state index is 9.03. The lowest BCUT2D eigenvalue weighted by Gasteiger charge is -2.18. The van der Waals surface area contributed by atoms with Gasteiger partial charge in [0, 0.05) is 11.7 Å². The molecule has 0 spiro atoms. The zero-order chi connectivity index (χ0) is 14.8. The third kappa shape index (κ3) is 2.78. The van der Waals surface area contributed by atoms with E-state index in [2.05, 4.69) is 43.4 Å². The van der Waals surface area contributed by atoms with Crippen molar-refractivity contribution >= 4 is 5.69 Å². The summed E-state index contributed by atoms with van der Waals surface area (Å²) < 4.78 is 0. The van der Waals surface area contributed by atoms with Gasteiger partial charge in [0.2, 0.25) is 0 Å². The molecule has 3 rings (SSSR count). The molecule has 1 unspecified atom stereocenters. The fraction of sp³-hybridized carbons (Fsp3) is 0.316. The molecule has 0 amide bonds. The van der Waals surface area contributed by atoms with Gasteiger partial charge in [-0.2, -0.15) is 5.26 Å². The van der Waals surface area contributed by atoms with Crippen molar-refractivity contribution in [1.29, 1.82) is 5.26 Å². The average Bonchev–Trinajstić information content (AvgIpc) is 2.96. The van der Waals surface area contributed by atoms with Gasteiger partial charge >= 0.3 is 0 Å². The predicted octanol–water partition coefficient (Wildman–Crippen LogP) is 4.53. The zero-order valence-electron chi connectivity index (χ0n) is 12.6. The molecular formula is C19H20N2. The van der Waals surface area contributed by atoms with E-state index in [1.807, 2.05) is 18.2 Å². The van der Waals surface area contributed by atoms with E-state index in [-0.39, 0.29) is 6.04 Å². The van der Waals surface area contributed by atoms with Crippen LogP contribution in [0.15, 0.2) is 36.4 Å². The van der Waals surface area contributed by atoms with Gasteiger partial charge < -0.3 is 5.32 Å². The number of anilines is 1. The van der Waals surface area contributed by atoms with E-state index in [0.717, 1.165) is 5.69 Å². The van der Waals surface area contributed by atoms with Crippen molar-refractivity contribution in [2.24, 2.45) is 0 Å². The summed E-state index contributed by atoms with van der Waals surface area (Å²) >= 11 is 0. The quantitative estimate of drug-likeness (QED) is 0.894. The first-order valence-corrected chi connectivity index (χ1v) is 7.56. The molecule has 21 heavy (non-hydrogen) atoms. The largest absolute Gasteiger partial charge is 0.378 e. The molecule has 0 fully saturated rings.